The molecule has 0 atom stereocenters. The van der Waals surface area contributed by atoms with Crippen LogP contribution in [0.2, 0.25) is 5.02 Å². The molecule has 1 amide bonds. The average Bonchev–Trinajstić information content (AvgIpc) is 2.96. The fourth-order valence-corrected chi connectivity index (χ4v) is 2.16. The van der Waals surface area contributed by atoms with Crippen molar-refractivity contribution in [3.05, 3.63) is 41.0 Å². The van der Waals surface area contributed by atoms with Crippen LogP contribution in [0.3, 0.4) is 0 Å². The monoisotopic (exact) mass is 322 g/mol. The summed E-state index contributed by atoms with van der Waals surface area (Å²) in [4.78, 5) is 24.1. The molecule has 0 aliphatic rings. The van der Waals surface area contributed by atoms with Crippen molar-refractivity contribution in [2.45, 2.75) is 12.8 Å². The summed E-state index contributed by atoms with van der Waals surface area (Å²) in [5, 5.41) is 12.9. The van der Waals surface area contributed by atoms with E-state index in [1.165, 1.54) is 11.0 Å². The Hall–Kier alpha value is -2.34. The number of rotatable bonds is 6. The molecule has 7 heteroatoms. The van der Waals surface area contributed by atoms with Gasteiger partial charge in [-0.1, -0.05) is 28.9 Å². The second-order valence-corrected chi connectivity index (χ2v) is 5.19. The Morgan fingerprint density at radius 3 is 2.77 bits per heavy atom. The Morgan fingerprint density at radius 2 is 2.09 bits per heavy atom. The van der Waals surface area contributed by atoms with Gasteiger partial charge in [0.25, 0.3) is 5.91 Å². The molecule has 0 saturated heterocycles. The van der Waals surface area contributed by atoms with Crippen molar-refractivity contribution in [3.63, 3.8) is 0 Å². The summed E-state index contributed by atoms with van der Waals surface area (Å²) in [6, 6.07) is 8.62. The zero-order valence-corrected chi connectivity index (χ0v) is 12.7. The van der Waals surface area contributed by atoms with Crippen molar-refractivity contribution >= 4 is 23.5 Å². The molecule has 0 bridgehead atoms. The number of amides is 1. The molecule has 0 spiro atoms. The van der Waals surface area contributed by atoms with E-state index in [0.29, 0.717) is 29.3 Å². The first-order valence-corrected chi connectivity index (χ1v) is 7.05. The summed E-state index contributed by atoms with van der Waals surface area (Å²) in [6.45, 7) is 0.333. The highest BCUT2D eigenvalue weighted by Gasteiger charge is 2.18. The predicted molar refractivity (Wildman–Crippen MR) is 80.8 cm³/mol. The molecule has 1 aromatic heterocycles. The van der Waals surface area contributed by atoms with Crippen molar-refractivity contribution in [3.8, 4) is 11.3 Å². The van der Waals surface area contributed by atoms with Crippen LogP contribution in [0, 0.1) is 0 Å². The second-order valence-electron chi connectivity index (χ2n) is 4.78. The minimum Gasteiger partial charge on any atom is -0.481 e. The summed E-state index contributed by atoms with van der Waals surface area (Å²) < 4.78 is 5.17. The number of halogens is 1. The molecule has 1 aromatic carbocycles. The van der Waals surface area contributed by atoms with E-state index < -0.39 is 5.97 Å². The van der Waals surface area contributed by atoms with Crippen molar-refractivity contribution in [2.75, 3.05) is 13.6 Å². The molecule has 2 aromatic rings. The summed E-state index contributed by atoms with van der Waals surface area (Å²) >= 11 is 6.07. The third kappa shape index (κ3) is 3.85. The third-order valence-corrected chi connectivity index (χ3v) is 3.43. The molecule has 1 N–H and O–H groups in total. The number of nitrogens with zero attached hydrogens (tertiary/aromatic N) is 2. The lowest BCUT2D eigenvalue weighted by molar-refractivity contribution is -0.137. The summed E-state index contributed by atoms with van der Waals surface area (Å²) in [7, 11) is 1.59. The molecular weight excluding hydrogens is 308 g/mol. The smallest absolute Gasteiger partial charge is 0.303 e. The molecule has 0 fully saturated rings. The predicted octanol–water partition coefficient (Wildman–Crippen LogP) is 2.93. The minimum atomic E-state index is -0.886. The number of carboxylic acids is 1. The van der Waals surface area contributed by atoms with Crippen molar-refractivity contribution in [1.29, 1.82) is 0 Å². The SMILES string of the molecule is CN(CCCC(=O)O)C(=O)c1cc(-c2ccccc2Cl)on1. The molecule has 22 heavy (non-hydrogen) atoms. The number of carboxylic acid groups (broad SMARTS) is 1. The Kier molecular flexibility index (Phi) is 5.16. The molecule has 0 unspecified atom stereocenters. The van der Waals surface area contributed by atoms with Crippen LogP contribution in [0.5, 0.6) is 0 Å². The Morgan fingerprint density at radius 1 is 1.36 bits per heavy atom. The number of benzene rings is 1. The largest absolute Gasteiger partial charge is 0.481 e. The molecule has 0 radical (unpaired) electrons. The van der Waals surface area contributed by atoms with E-state index in [1.807, 2.05) is 6.07 Å². The quantitative estimate of drug-likeness (QED) is 0.884. The Labute approximate surface area is 132 Å². The number of carbonyl (C=O) groups excluding carboxylic acids is 1. The van der Waals surface area contributed by atoms with Crippen molar-refractivity contribution in [1.82, 2.24) is 10.1 Å². The molecule has 6 nitrogen and oxygen atoms in total. The molecular formula is C15H15ClN2O4. The van der Waals surface area contributed by atoms with E-state index in [9.17, 15) is 9.59 Å². The maximum absolute atomic E-state index is 12.2. The van der Waals surface area contributed by atoms with Crippen LogP contribution >= 0.6 is 11.6 Å². The Balaban J connectivity index is 2.06. The van der Waals surface area contributed by atoms with Crippen LogP contribution < -0.4 is 0 Å². The molecule has 1 heterocycles. The standard InChI is InChI=1S/C15H15ClN2O4/c1-18(8-4-7-14(19)20)15(21)12-9-13(22-17-12)10-5-2-3-6-11(10)16/h2-3,5-6,9H,4,7-8H2,1H3,(H,19,20). The van der Waals surface area contributed by atoms with Gasteiger partial charge >= 0.3 is 5.97 Å². The lowest BCUT2D eigenvalue weighted by Gasteiger charge is -2.14. The summed E-state index contributed by atoms with van der Waals surface area (Å²) in [6.07, 6.45) is 0.397. The van der Waals surface area contributed by atoms with E-state index >= 15 is 0 Å². The van der Waals surface area contributed by atoms with Gasteiger partial charge in [0.2, 0.25) is 0 Å². The first-order chi connectivity index (χ1) is 10.5. The van der Waals surface area contributed by atoms with Gasteiger partial charge in [-0.2, -0.15) is 0 Å². The van der Waals surface area contributed by atoms with Crippen LogP contribution in [0.4, 0.5) is 0 Å². The average molecular weight is 323 g/mol. The maximum Gasteiger partial charge on any atom is 0.303 e. The number of carbonyl (C=O) groups is 2. The highest BCUT2D eigenvalue weighted by molar-refractivity contribution is 6.33. The zero-order chi connectivity index (χ0) is 16.1. The van der Waals surface area contributed by atoms with Gasteiger partial charge < -0.3 is 14.5 Å². The van der Waals surface area contributed by atoms with Crippen LogP contribution in [0.1, 0.15) is 23.3 Å². The lowest BCUT2D eigenvalue weighted by atomic mass is 10.1. The van der Waals surface area contributed by atoms with Crippen LogP contribution in [-0.4, -0.2) is 40.6 Å². The fraction of sp³-hybridized carbons (Fsp3) is 0.267. The van der Waals surface area contributed by atoms with Gasteiger partial charge in [0.1, 0.15) is 0 Å². The van der Waals surface area contributed by atoms with Crippen LogP contribution in [-0.2, 0) is 4.79 Å². The van der Waals surface area contributed by atoms with E-state index in [1.54, 1.807) is 25.2 Å². The van der Waals surface area contributed by atoms with E-state index in [2.05, 4.69) is 5.16 Å². The number of aromatic nitrogens is 1. The van der Waals surface area contributed by atoms with Crippen molar-refractivity contribution in [2.24, 2.45) is 0 Å². The lowest BCUT2D eigenvalue weighted by Crippen LogP contribution is -2.28. The zero-order valence-electron chi connectivity index (χ0n) is 12.0. The maximum atomic E-state index is 12.2. The highest BCUT2D eigenvalue weighted by atomic mass is 35.5. The van der Waals surface area contributed by atoms with E-state index in [-0.39, 0.29) is 18.0 Å². The third-order valence-electron chi connectivity index (χ3n) is 3.10. The summed E-state index contributed by atoms with van der Waals surface area (Å²) in [5.41, 5.74) is 0.817. The first kappa shape index (κ1) is 16.0. The van der Waals surface area contributed by atoms with E-state index in [0.717, 1.165) is 0 Å². The topological polar surface area (TPSA) is 83.6 Å². The molecule has 0 aliphatic heterocycles. The van der Waals surface area contributed by atoms with Crippen molar-refractivity contribution < 1.29 is 19.2 Å². The van der Waals surface area contributed by atoms with Gasteiger partial charge in [0.05, 0.1) is 5.02 Å². The number of hydrogen-bond donors (Lipinski definition) is 1. The second kappa shape index (κ2) is 7.09. The molecule has 0 aliphatic carbocycles. The Bertz CT molecular complexity index is 684. The normalized spacial score (nSPS) is 10.5. The van der Waals surface area contributed by atoms with Gasteiger partial charge in [-0.3, -0.25) is 9.59 Å². The summed E-state index contributed by atoms with van der Waals surface area (Å²) in [5.74, 6) is -0.802. The van der Waals surface area contributed by atoms with Gasteiger partial charge in [-0.25, -0.2) is 0 Å². The van der Waals surface area contributed by atoms with Crippen LogP contribution in [0.25, 0.3) is 11.3 Å². The van der Waals surface area contributed by atoms with Gasteiger partial charge in [0, 0.05) is 31.6 Å². The number of hydrogen-bond acceptors (Lipinski definition) is 4. The van der Waals surface area contributed by atoms with Gasteiger partial charge in [-0.15, -0.1) is 0 Å². The van der Waals surface area contributed by atoms with Crippen LogP contribution in [0.15, 0.2) is 34.9 Å². The number of aliphatic carboxylic acids is 1. The fourth-order valence-electron chi connectivity index (χ4n) is 1.93. The molecule has 116 valence electrons. The molecule has 0 saturated carbocycles. The molecule has 2 rings (SSSR count). The highest BCUT2D eigenvalue weighted by Crippen LogP contribution is 2.28. The van der Waals surface area contributed by atoms with E-state index in [4.69, 9.17) is 21.2 Å². The minimum absolute atomic E-state index is 0.0152. The first-order valence-electron chi connectivity index (χ1n) is 6.68. The van der Waals surface area contributed by atoms with Gasteiger partial charge in [0.15, 0.2) is 11.5 Å². The van der Waals surface area contributed by atoms with Gasteiger partial charge in [-0.05, 0) is 18.6 Å².